The van der Waals surface area contributed by atoms with Crippen molar-refractivity contribution < 1.29 is 14.3 Å². The zero-order valence-corrected chi connectivity index (χ0v) is 14.6. The molecule has 3 aliphatic rings. The number of piperidine rings is 1. The van der Waals surface area contributed by atoms with Crippen molar-refractivity contribution in [3.8, 4) is 0 Å². The molecule has 1 spiro atoms. The number of amides is 2. The molecule has 23 heavy (non-hydrogen) atoms. The minimum absolute atomic E-state index is 0.0914. The van der Waals surface area contributed by atoms with Gasteiger partial charge < -0.3 is 14.5 Å². The molecule has 2 saturated heterocycles. The van der Waals surface area contributed by atoms with Crippen LogP contribution in [0.2, 0.25) is 0 Å². The first-order valence-corrected chi connectivity index (χ1v) is 9.12. The third-order valence-corrected chi connectivity index (χ3v) is 6.00. The van der Waals surface area contributed by atoms with Crippen LogP contribution in [0, 0.1) is 11.8 Å². The summed E-state index contributed by atoms with van der Waals surface area (Å²) in [6, 6.07) is 0. The number of ether oxygens (including phenoxy) is 1. The van der Waals surface area contributed by atoms with Gasteiger partial charge in [-0.25, -0.2) is 0 Å². The second-order valence-electron chi connectivity index (χ2n) is 7.84. The van der Waals surface area contributed by atoms with Crippen molar-refractivity contribution in [2.45, 2.75) is 57.0 Å². The lowest BCUT2D eigenvalue weighted by Crippen LogP contribution is -2.52. The van der Waals surface area contributed by atoms with Crippen molar-refractivity contribution in [1.82, 2.24) is 9.80 Å². The maximum atomic E-state index is 12.4. The molecule has 5 nitrogen and oxygen atoms in total. The molecule has 1 unspecified atom stereocenters. The molecule has 1 atom stereocenters. The van der Waals surface area contributed by atoms with Gasteiger partial charge in [-0.15, -0.1) is 0 Å². The Balaban J connectivity index is 1.52. The van der Waals surface area contributed by atoms with E-state index in [0.29, 0.717) is 24.2 Å². The quantitative estimate of drug-likeness (QED) is 0.799. The van der Waals surface area contributed by atoms with Crippen LogP contribution in [0.15, 0.2) is 0 Å². The number of hydrogen-bond acceptors (Lipinski definition) is 3. The molecule has 2 aliphatic heterocycles. The average molecular weight is 322 g/mol. The molecule has 2 heterocycles. The summed E-state index contributed by atoms with van der Waals surface area (Å²) in [7, 11) is 3.64. The van der Waals surface area contributed by atoms with Crippen LogP contribution in [-0.2, 0) is 14.3 Å². The number of rotatable bonds is 3. The molecule has 0 radical (unpaired) electrons. The van der Waals surface area contributed by atoms with Crippen LogP contribution in [0.3, 0.4) is 0 Å². The topological polar surface area (TPSA) is 49.9 Å². The van der Waals surface area contributed by atoms with Crippen molar-refractivity contribution in [2.75, 3.05) is 33.8 Å². The van der Waals surface area contributed by atoms with E-state index in [0.717, 1.165) is 58.2 Å². The Kier molecular flexibility index (Phi) is 4.95. The zero-order valence-electron chi connectivity index (χ0n) is 14.6. The van der Waals surface area contributed by atoms with E-state index in [-0.39, 0.29) is 11.5 Å². The van der Waals surface area contributed by atoms with Gasteiger partial charge in [-0.3, -0.25) is 9.59 Å². The number of carbonyl (C=O) groups excluding carboxylic acids is 2. The fourth-order valence-electron chi connectivity index (χ4n) is 4.13. The van der Waals surface area contributed by atoms with E-state index in [1.54, 1.807) is 4.90 Å². The van der Waals surface area contributed by atoms with Crippen LogP contribution in [0.1, 0.15) is 51.4 Å². The second kappa shape index (κ2) is 6.80. The number of nitrogens with zero attached hydrogens (tertiary/aromatic N) is 2. The highest BCUT2D eigenvalue weighted by Crippen LogP contribution is 2.40. The third kappa shape index (κ3) is 3.70. The Morgan fingerprint density at radius 3 is 2.43 bits per heavy atom. The van der Waals surface area contributed by atoms with Gasteiger partial charge in [0.25, 0.3) is 0 Å². The smallest absolute Gasteiger partial charge is 0.225 e. The van der Waals surface area contributed by atoms with Crippen LogP contribution in [0.4, 0.5) is 0 Å². The first-order valence-electron chi connectivity index (χ1n) is 9.12. The maximum Gasteiger partial charge on any atom is 0.225 e. The average Bonchev–Trinajstić information content (AvgIpc) is 2.46. The highest BCUT2D eigenvalue weighted by molar-refractivity contribution is 5.79. The summed E-state index contributed by atoms with van der Waals surface area (Å²) in [5, 5.41) is 0. The molecule has 1 aliphatic carbocycles. The SMILES string of the molecule is CN(C)C(=O)CC1CCOC2(CCN(C(=O)C3CCC3)CC2)C1. The molecule has 130 valence electrons. The van der Waals surface area contributed by atoms with Crippen LogP contribution >= 0.6 is 0 Å². The van der Waals surface area contributed by atoms with Crippen molar-refractivity contribution in [1.29, 1.82) is 0 Å². The summed E-state index contributed by atoms with van der Waals surface area (Å²) in [5.41, 5.74) is -0.0914. The molecular formula is C18H30N2O3. The predicted molar refractivity (Wildman–Crippen MR) is 87.9 cm³/mol. The van der Waals surface area contributed by atoms with Crippen LogP contribution in [0.25, 0.3) is 0 Å². The largest absolute Gasteiger partial charge is 0.375 e. The first kappa shape index (κ1) is 16.7. The van der Waals surface area contributed by atoms with Gasteiger partial charge in [0, 0.05) is 46.1 Å². The van der Waals surface area contributed by atoms with Crippen LogP contribution in [0.5, 0.6) is 0 Å². The Labute approximate surface area is 139 Å². The molecule has 1 saturated carbocycles. The van der Waals surface area contributed by atoms with E-state index in [4.69, 9.17) is 4.74 Å². The summed E-state index contributed by atoms with van der Waals surface area (Å²) < 4.78 is 6.14. The maximum absolute atomic E-state index is 12.4. The Morgan fingerprint density at radius 2 is 1.87 bits per heavy atom. The summed E-state index contributed by atoms with van der Waals surface area (Å²) >= 11 is 0. The molecule has 0 aromatic heterocycles. The molecule has 0 bridgehead atoms. The molecule has 5 heteroatoms. The number of hydrogen-bond donors (Lipinski definition) is 0. The van der Waals surface area contributed by atoms with Gasteiger partial charge in [0.1, 0.15) is 0 Å². The van der Waals surface area contributed by atoms with Gasteiger partial charge in [0.2, 0.25) is 11.8 Å². The summed E-state index contributed by atoms with van der Waals surface area (Å²) in [6.45, 7) is 2.40. The van der Waals surface area contributed by atoms with E-state index in [1.165, 1.54) is 6.42 Å². The lowest BCUT2D eigenvalue weighted by atomic mass is 9.77. The van der Waals surface area contributed by atoms with E-state index in [9.17, 15) is 9.59 Å². The third-order valence-electron chi connectivity index (χ3n) is 6.00. The predicted octanol–water partition coefficient (Wildman–Crippen LogP) is 2.05. The normalized spacial score (nSPS) is 27.6. The monoisotopic (exact) mass is 322 g/mol. The van der Waals surface area contributed by atoms with Crippen molar-refractivity contribution in [3.63, 3.8) is 0 Å². The molecule has 0 N–H and O–H groups in total. The van der Waals surface area contributed by atoms with Crippen molar-refractivity contribution >= 4 is 11.8 Å². The highest BCUT2D eigenvalue weighted by atomic mass is 16.5. The lowest BCUT2D eigenvalue weighted by molar-refractivity contribution is -0.153. The van der Waals surface area contributed by atoms with Gasteiger partial charge in [-0.1, -0.05) is 6.42 Å². The van der Waals surface area contributed by atoms with Crippen LogP contribution in [-0.4, -0.2) is 61.0 Å². The first-order chi connectivity index (χ1) is 11.0. The van der Waals surface area contributed by atoms with Gasteiger partial charge in [-0.2, -0.15) is 0 Å². The van der Waals surface area contributed by atoms with Gasteiger partial charge >= 0.3 is 0 Å². The summed E-state index contributed by atoms with van der Waals surface area (Å²) in [5.74, 6) is 1.29. The zero-order chi connectivity index (χ0) is 16.4. The van der Waals surface area contributed by atoms with E-state index >= 15 is 0 Å². The molecule has 0 aromatic carbocycles. The Bertz CT molecular complexity index is 451. The minimum atomic E-state index is -0.0914. The number of carbonyl (C=O) groups is 2. The van der Waals surface area contributed by atoms with Gasteiger partial charge in [0.05, 0.1) is 5.60 Å². The Morgan fingerprint density at radius 1 is 1.17 bits per heavy atom. The standard InChI is InChI=1S/C18H30N2O3/c1-19(2)16(21)12-14-6-11-23-18(13-14)7-9-20(10-8-18)17(22)15-4-3-5-15/h14-15H,3-13H2,1-2H3. The fraction of sp³-hybridized carbons (Fsp3) is 0.889. The van der Waals surface area contributed by atoms with Crippen molar-refractivity contribution in [2.24, 2.45) is 11.8 Å². The molecule has 2 amide bonds. The summed E-state index contributed by atoms with van der Waals surface area (Å²) in [4.78, 5) is 28.1. The van der Waals surface area contributed by atoms with Crippen LogP contribution < -0.4 is 0 Å². The summed E-state index contributed by atoms with van der Waals surface area (Å²) in [6.07, 6.45) is 7.79. The van der Waals surface area contributed by atoms with Crippen molar-refractivity contribution in [3.05, 3.63) is 0 Å². The molecular weight excluding hydrogens is 292 g/mol. The molecule has 3 rings (SSSR count). The Hall–Kier alpha value is -1.10. The van der Waals surface area contributed by atoms with E-state index < -0.39 is 0 Å². The minimum Gasteiger partial charge on any atom is -0.375 e. The lowest BCUT2D eigenvalue weighted by Gasteiger charge is -2.47. The molecule has 3 fully saturated rings. The fourth-order valence-corrected chi connectivity index (χ4v) is 4.13. The van der Waals surface area contributed by atoms with E-state index in [1.807, 2.05) is 19.0 Å². The van der Waals surface area contributed by atoms with Gasteiger partial charge in [-0.05, 0) is 44.4 Å². The van der Waals surface area contributed by atoms with Gasteiger partial charge in [0.15, 0.2) is 0 Å². The number of likely N-dealkylation sites (tertiary alicyclic amines) is 1. The second-order valence-corrected chi connectivity index (χ2v) is 7.84. The van der Waals surface area contributed by atoms with E-state index in [2.05, 4.69) is 0 Å². The molecule has 0 aromatic rings. The highest BCUT2D eigenvalue weighted by Gasteiger charge is 2.42.